The topological polar surface area (TPSA) is 89.9 Å². The number of carbonyl (C=O) groups excluding carboxylic acids is 2. The van der Waals surface area contributed by atoms with Crippen LogP contribution >= 0.6 is 0 Å². The maximum atomic E-state index is 12.0. The van der Waals surface area contributed by atoms with Crippen molar-refractivity contribution in [3.8, 4) is 0 Å². The van der Waals surface area contributed by atoms with Gasteiger partial charge in [0.1, 0.15) is 13.2 Å². The first-order chi connectivity index (χ1) is 9.84. The Morgan fingerprint density at radius 1 is 1.29 bits per heavy atom. The summed E-state index contributed by atoms with van der Waals surface area (Å²) in [6.07, 6.45) is 3.92. The summed E-state index contributed by atoms with van der Waals surface area (Å²) in [6.45, 7) is 6.52. The second-order valence-electron chi connectivity index (χ2n) is 5.08. The number of hydrogen-bond acceptors (Lipinski definition) is 5. The van der Waals surface area contributed by atoms with E-state index in [4.69, 9.17) is 9.47 Å². The minimum atomic E-state index is -1.01. The molecule has 3 atom stereocenters. The minimum absolute atomic E-state index is 0.0761. The fraction of sp³-hybridized carbons (Fsp3) is 0.533. The largest absolute Gasteiger partial charge is 0.481 e. The molecule has 6 heteroatoms. The maximum absolute atomic E-state index is 12.0. The number of carboxylic acids is 1. The normalized spacial score (nSPS) is 24.2. The van der Waals surface area contributed by atoms with Gasteiger partial charge in [-0.1, -0.05) is 25.7 Å². The minimum Gasteiger partial charge on any atom is -0.481 e. The highest BCUT2D eigenvalue weighted by atomic mass is 16.6. The predicted octanol–water partition coefficient (Wildman–Crippen LogP) is 1.56. The van der Waals surface area contributed by atoms with E-state index in [0.717, 1.165) is 0 Å². The SMILES string of the molecule is C=C(C)C(=O)OCCOC(=O)C1CC=CC(C)C1C(=O)O. The van der Waals surface area contributed by atoms with Gasteiger partial charge in [0, 0.05) is 5.57 Å². The molecule has 116 valence electrons. The Balaban J connectivity index is 2.47. The van der Waals surface area contributed by atoms with Crippen molar-refractivity contribution in [2.45, 2.75) is 20.3 Å². The molecule has 0 saturated heterocycles. The van der Waals surface area contributed by atoms with Crippen molar-refractivity contribution >= 4 is 17.9 Å². The number of carbonyl (C=O) groups is 3. The molecule has 3 unspecified atom stereocenters. The zero-order valence-electron chi connectivity index (χ0n) is 12.2. The van der Waals surface area contributed by atoms with E-state index in [9.17, 15) is 19.5 Å². The van der Waals surface area contributed by atoms with Crippen molar-refractivity contribution in [2.75, 3.05) is 13.2 Å². The van der Waals surface area contributed by atoms with Gasteiger partial charge in [0.15, 0.2) is 0 Å². The van der Waals surface area contributed by atoms with Gasteiger partial charge in [0.25, 0.3) is 0 Å². The van der Waals surface area contributed by atoms with Crippen molar-refractivity contribution in [3.63, 3.8) is 0 Å². The van der Waals surface area contributed by atoms with Crippen LogP contribution in [0.4, 0.5) is 0 Å². The molecule has 6 nitrogen and oxygen atoms in total. The number of allylic oxidation sites excluding steroid dienone is 2. The third-order valence-corrected chi connectivity index (χ3v) is 3.33. The zero-order chi connectivity index (χ0) is 16.0. The highest BCUT2D eigenvalue weighted by Crippen LogP contribution is 2.31. The molecule has 0 saturated carbocycles. The van der Waals surface area contributed by atoms with Crippen molar-refractivity contribution in [1.82, 2.24) is 0 Å². The van der Waals surface area contributed by atoms with E-state index in [1.165, 1.54) is 6.92 Å². The van der Waals surface area contributed by atoms with Crippen LogP contribution in [0.2, 0.25) is 0 Å². The molecule has 0 aliphatic heterocycles. The van der Waals surface area contributed by atoms with Crippen molar-refractivity contribution < 1.29 is 29.0 Å². The number of esters is 2. The van der Waals surface area contributed by atoms with Crippen LogP contribution in [-0.2, 0) is 23.9 Å². The lowest BCUT2D eigenvalue weighted by Crippen LogP contribution is -2.37. The molecule has 0 radical (unpaired) electrons. The number of aliphatic carboxylic acids is 1. The third-order valence-electron chi connectivity index (χ3n) is 3.33. The van der Waals surface area contributed by atoms with E-state index in [1.54, 1.807) is 19.1 Å². The molecular formula is C15H20O6. The summed E-state index contributed by atoms with van der Waals surface area (Å²) in [5.41, 5.74) is 0.263. The second-order valence-corrected chi connectivity index (χ2v) is 5.08. The fourth-order valence-corrected chi connectivity index (χ4v) is 2.22. The molecule has 0 heterocycles. The summed E-state index contributed by atoms with van der Waals surface area (Å²) in [4.78, 5) is 34.3. The van der Waals surface area contributed by atoms with E-state index in [2.05, 4.69) is 6.58 Å². The number of carboxylic acid groups (broad SMARTS) is 1. The first-order valence-corrected chi connectivity index (χ1v) is 6.73. The van der Waals surface area contributed by atoms with Crippen LogP contribution in [0.25, 0.3) is 0 Å². The summed E-state index contributed by atoms with van der Waals surface area (Å²) < 4.78 is 9.79. The second kappa shape index (κ2) is 7.61. The van der Waals surface area contributed by atoms with E-state index in [0.29, 0.717) is 6.42 Å². The molecule has 0 aromatic rings. The van der Waals surface area contributed by atoms with Crippen LogP contribution in [-0.4, -0.2) is 36.2 Å². The summed E-state index contributed by atoms with van der Waals surface area (Å²) in [5, 5.41) is 9.21. The molecule has 0 aromatic carbocycles. The Morgan fingerprint density at radius 3 is 2.48 bits per heavy atom. The van der Waals surface area contributed by atoms with E-state index in [1.807, 2.05) is 0 Å². The molecule has 1 aliphatic carbocycles. The van der Waals surface area contributed by atoms with Crippen LogP contribution in [0, 0.1) is 17.8 Å². The lowest BCUT2D eigenvalue weighted by Gasteiger charge is -2.28. The van der Waals surface area contributed by atoms with Crippen molar-refractivity contribution in [3.05, 3.63) is 24.3 Å². The van der Waals surface area contributed by atoms with E-state index >= 15 is 0 Å². The van der Waals surface area contributed by atoms with Crippen LogP contribution in [0.3, 0.4) is 0 Å². The first-order valence-electron chi connectivity index (χ1n) is 6.73. The van der Waals surface area contributed by atoms with E-state index in [-0.39, 0.29) is 24.7 Å². The Morgan fingerprint density at radius 2 is 1.90 bits per heavy atom. The van der Waals surface area contributed by atoms with Crippen molar-refractivity contribution in [1.29, 1.82) is 0 Å². The van der Waals surface area contributed by atoms with Crippen LogP contribution in [0.15, 0.2) is 24.3 Å². The van der Waals surface area contributed by atoms with Gasteiger partial charge in [-0.3, -0.25) is 9.59 Å². The number of ether oxygens (including phenoxy) is 2. The summed E-state index contributed by atoms with van der Waals surface area (Å²) in [7, 11) is 0. The average molecular weight is 296 g/mol. The average Bonchev–Trinajstić information content (AvgIpc) is 2.42. The van der Waals surface area contributed by atoms with Crippen molar-refractivity contribution in [2.24, 2.45) is 17.8 Å². The predicted molar refractivity (Wildman–Crippen MR) is 74.3 cm³/mol. The Bertz CT molecular complexity index is 465. The van der Waals surface area contributed by atoms with Gasteiger partial charge < -0.3 is 14.6 Å². The maximum Gasteiger partial charge on any atom is 0.333 e. The molecule has 0 amide bonds. The van der Waals surface area contributed by atoms with E-state index < -0.39 is 29.7 Å². The first kappa shape index (κ1) is 16.9. The third kappa shape index (κ3) is 4.73. The number of rotatable bonds is 6. The molecule has 1 rings (SSSR count). The van der Waals surface area contributed by atoms with Gasteiger partial charge in [-0.2, -0.15) is 0 Å². The Labute approximate surface area is 123 Å². The van der Waals surface area contributed by atoms with Crippen LogP contribution < -0.4 is 0 Å². The molecule has 1 aliphatic rings. The highest BCUT2D eigenvalue weighted by Gasteiger charge is 2.39. The molecule has 1 N–H and O–H groups in total. The summed E-state index contributed by atoms with van der Waals surface area (Å²) in [6, 6.07) is 0. The molecule has 0 fully saturated rings. The van der Waals surface area contributed by atoms with Gasteiger partial charge in [-0.15, -0.1) is 0 Å². The van der Waals surface area contributed by atoms with Gasteiger partial charge in [-0.25, -0.2) is 4.79 Å². The van der Waals surface area contributed by atoms with Crippen LogP contribution in [0.1, 0.15) is 20.3 Å². The lowest BCUT2D eigenvalue weighted by molar-refractivity contribution is -0.161. The standard InChI is InChI=1S/C15H20O6/c1-9(2)14(18)20-7-8-21-15(19)11-6-4-5-10(3)12(11)13(16)17/h4-5,10-12H,1,6-8H2,2-3H3,(H,16,17). The molecule has 0 bridgehead atoms. The number of hydrogen-bond donors (Lipinski definition) is 1. The Kier molecular flexibility index (Phi) is 6.14. The van der Waals surface area contributed by atoms with Crippen LogP contribution in [0.5, 0.6) is 0 Å². The zero-order valence-corrected chi connectivity index (χ0v) is 12.2. The molecule has 0 aromatic heterocycles. The quantitative estimate of drug-likeness (QED) is 0.346. The molecule has 0 spiro atoms. The van der Waals surface area contributed by atoms with Gasteiger partial charge in [0.05, 0.1) is 11.8 Å². The Hall–Kier alpha value is -2.11. The van der Waals surface area contributed by atoms with Gasteiger partial charge >= 0.3 is 17.9 Å². The fourth-order valence-electron chi connectivity index (χ4n) is 2.22. The molecular weight excluding hydrogens is 276 g/mol. The lowest BCUT2D eigenvalue weighted by atomic mass is 9.76. The smallest absolute Gasteiger partial charge is 0.333 e. The molecule has 21 heavy (non-hydrogen) atoms. The van der Waals surface area contributed by atoms with Gasteiger partial charge in [0.2, 0.25) is 0 Å². The summed E-state index contributed by atoms with van der Waals surface area (Å²) >= 11 is 0. The summed E-state index contributed by atoms with van der Waals surface area (Å²) in [5.74, 6) is -3.87. The monoisotopic (exact) mass is 296 g/mol. The highest BCUT2D eigenvalue weighted by molar-refractivity contribution is 5.87. The van der Waals surface area contributed by atoms with Gasteiger partial charge in [-0.05, 0) is 19.3 Å².